The van der Waals surface area contributed by atoms with Gasteiger partial charge in [-0.25, -0.2) is 0 Å². The number of hydrogen-bond acceptors (Lipinski definition) is 3. The molecule has 3 heteroatoms. The molecule has 0 radical (unpaired) electrons. The predicted molar refractivity (Wildman–Crippen MR) is 50.2 cm³/mol. The third kappa shape index (κ3) is 3.09. The molecule has 0 amide bonds. The van der Waals surface area contributed by atoms with Crippen LogP contribution < -0.4 is 10.6 Å². The third-order valence-electron chi connectivity index (χ3n) is 2.37. The zero-order valence-corrected chi connectivity index (χ0v) is 8.06. The van der Waals surface area contributed by atoms with Crippen LogP contribution in [0.4, 0.5) is 0 Å². The second-order valence-corrected chi connectivity index (χ2v) is 4.01. The van der Waals surface area contributed by atoms with Crippen molar-refractivity contribution in [2.45, 2.75) is 38.3 Å². The zero-order valence-electron chi connectivity index (χ0n) is 8.06. The van der Waals surface area contributed by atoms with Crippen molar-refractivity contribution in [1.29, 1.82) is 0 Å². The van der Waals surface area contributed by atoms with Crippen molar-refractivity contribution in [3.63, 3.8) is 0 Å². The van der Waals surface area contributed by atoms with E-state index < -0.39 is 5.60 Å². The van der Waals surface area contributed by atoms with E-state index in [1.807, 2.05) is 0 Å². The summed E-state index contributed by atoms with van der Waals surface area (Å²) in [7, 11) is 0. The average Bonchev–Trinajstić information content (AvgIpc) is 2.03. The normalized spacial score (nSPS) is 23.0. The molecule has 3 nitrogen and oxygen atoms in total. The minimum atomic E-state index is -0.463. The molecule has 0 aromatic rings. The number of aliphatic hydroxyl groups is 1. The van der Waals surface area contributed by atoms with Crippen LogP contribution in [0.25, 0.3) is 0 Å². The first-order valence-electron chi connectivity index (χ1n) is 4.79. The molecule has 12 heavy (non-hydrogen) atoms. The van der Waals surface area contributed by atoms with Crippen molar-refractivity contribution >= 4 is 0 Å². The molecule has 1 aliphatic heterocycles. The van der Waals surface area contributed by atoms with Gasteiger partial charge in [-0.15, -0.1) is 0 Å². The smallest absolute Gasteiger partial charge is 0.0795 e. The molecule has 1 fully saturated rings. The van der Waals surface area contributed by atoms with Crippen molar-refractivity contribution < 1.29 is 5.11 Å². The Balaban J connectivity index is 2.26. The number of piperidine rings is 1. The van der Waals surface area contributed by atoms with Gasteiger partial charge in [0.2, 0.25) is 0 Å². The Kier molecular flexibility index (Phi) is 3.50. The Morgan fingerprint density at radius 1 is 1.42 bits per heavy atom. The lowest BCUT2D eigenvalue weighted by Crippen LogP contribution is -2.49. The van der Waals surface area contributed by atoms with E-state index in [1.54, 1.807) is 0 Å². The van der Waals surface area contributed by atoms with Crippen LogP contribution in [0.15, 0.2) is 0 Å². The first-order chi connectivity index (χ1) is 5.62. The summed E-state index contributed by atoms with van der Waals surface area (Å²) in [5.41, 5.74) is -0.463. The monoisotopic (exact) mass is 172 g/mol. The van der Waals surface area contributed by atoms with Gasteiger partial charge in [-0.2, -0.15) is 0 Å². The maximum Gasteiger partial charge on any atom is 0.0795 e. The predicted octanol–water partition coefficient (Wildman–Crippen LogP) is 0.0989. The van der Waals surface area contributed by atoms with Gasteiger partial charge in [0.05, 0.1) is 5.60 Å². The number of hydrogen-bond donors (Lipinski definition) is 3. The van der Waals surface area contributed by atoms with Gasteiger partial charge in [-0.1, -0.05) is 13.8 Å². The maximum atomic E-state index is 10.0. The highest BCUT2D eigenvalue weighted by Crippen LogP contribution is 2.16. The minimum Gasteiger partial charge on any atom is -0.388 e. The Labute approximate surface area is 74.5 Å². The molecule has 3 N–H and O–H groups in total. The summed E-state index contributed by atoms with van der Waals surface area (Å²) in [5, 5.41) is 16.5. The molecule has 1 saturated heterocycles. The fourth-order valence-electron chi connectivity index (χ4n) is 1.46. The van der Waals surface area contributed by atoms with E-state index >= 15 is 0 Å². The Bertz CT molecular complexity index is 130. The van der Waals surface area contributed by atoms with Crippen LogP contribution >= 0.6 is 0 Å². The summed E-state index contributed by atoms with van der Waals surface area (Å²) in [6.45, 7) is 6.81. The van der Waals surface area contributed by atoms with Crippen molar-refractivity contribution in [2.75, 3.05) is 19.6 Å². The van der Waals surface area contributed by atoms with Crippen LogP contribution in [0.5, 0.6) is 0 Å². The average molecular weight is 172 g/mol. The van der Waals surface area contributed by atoms with E-state index in [0.29, 0.717) is 6.04 Å². The third-order valence-corrected chi connectivity index (χ3v) is 2.37. The summed E-state index contributed by atoms with van der Waals surface area (Å²) in [6.07, 6.45) is 1.74. The number of nitrogens with one attached hydrogen (secondary N) is 2. The zero-order chi connectivity index (χ0) is 9.03. The fourth-order valence-corrected chi connectivity index (χ4v) is 1.46. The highest BCUT2D eigenvalue weighted by Gasteiger charge is 2.28. The highest BCUT2D eigenvalue weighted by molar-refractivity contribution is 4.86. The number of rotatable bonds is 3. The lowest BCUT2D eigenvalue weighted by Gasteiger charge is -2.33. The standard InChI is InChI=1S/C9H20N2O/c1-8(2)11-7-9(12)3-5-10-6-4-9/h8,10-12H,3-7H2,1-2H3. The Hall–Kier alpha value is -0.120. The molecule has 1 rings (SSSR count). The largest absolute Gasteiger partial charge is 0.388 e. The van der Waals surface area contributed by atoms with Crippen molar-refractivity contribution in [2.24, 2.45) is 0 Å². The molecule has 0 saturated carbocycles. The topological polar surface area (TPSA) is 44.3 Å². The first-order valence-corrected chi connectivity index (χ1v) is 4.79. The summed E-state index contributed by atoms with van der Waals surface area (Å²) in [6, 6.07) is 0.462. The molecule has 1 aliphatic rings. The molecule has 0 unspecified atom stereocenters. The fraction of sp³-hybridized carbons (Fsp3) is 1.00. The Morgan fingerprint density at radius 2 is 2.00 bits per heavy atom. The second kappa shape index (κ2) is 4.21. The van der Waals surface area contributed by atoms with E-state index in [4.69, 9.17) is 0 Å². The highest BCUT2D eigenvalue weighted by atomic mass is 16.3. The van der Waals surface area contributed by atoms with Gasteiger partial charge in [0.1, 0.15) is 0 Å². The molecule has 0 aromatic carbocycles. The Morgan fingerprint density at radius 3 is 2.50 bits per heavy atom. The SMILES string of the molecule is CC(C)NCC1(O)CCNCC1. The summed E-state index contributed by atoms with van der Waals surface area (Å²) in [5.74, 6) is 0. The van der Waals surface area contributed by atoms with Crippen molar-refractivity contribution in [3.05, 3.63) is 0 Å². The van der Waals surface area contributed by atoms with Gasteiger partial charge in [-0.3, -0.25) is 0 Å². The molecule has 0 spiro atoms. The molecule has 0 aliphatic carbocycles. The summed E-state index contributed by atoms with van der Waals surface area (Å²) < 4.78 is 0. The van der Waals surface area contributed by atoms with Crippen LogP contribution in [0.3, 0.4) is 0 Å². The minimum absolute atomic E-state index is 0.462. The van der Waals surface area contributed by atoms with E-state index in [0.717, 1.165) is 32.5 Å². The van der Waals surface area contributed by atoms with Gasteiger partial charge in [0.15, 0.2) is 0 Å². The van der Waals surface area contributed by atoms with Crippen LogP contribution in [-0.2, 0) is 0 Å². The molecule has 0 aromatic heterocycles. The maximum absolute atomic E-state index is 10.0. The van der Waals surface area contributed by atoms with E-state index in [-0.39, 0.29) is 0 Å². The van der Waals surface area contributed by atoms with Crippen LogP contribution in [-0.4, -0.2) is 36.4 Å². The van der Waals surface area contributed by atoms with E-state index in [2.05, 4.69) is 24.5 Å². The summed E-state index contributed by atoms with van der Waals surface area (Å²) >= 11 is 0. The second-order valence-electron chi connectivity index (χ2n) is 4.01. The van der Waals surface area contributed by atoms with Crippen LogP contribution in [0.1, 0.15) is 26.7 Å². The van der Waals surface area contributed by atoms with Crippen molar-refractivity contribution in [3.8, 4) is 0 Å². The van der Waals surface area contributed by atoms with Gasteiger partial charge in [0.25, 0.3) is 0 Å². The molecular formula is C9H20N2O. The van der Waals surface area contributed by atoms with E-state index in [9.17, 15) is 5.11 Å². The molecule has 0 atom stereocenters. The lowest BCUT2D eigenvalue weighted by atomic mass is 9.92. The van der Waals surface area contributed by atoms with Crippen molar-refractivity contribution in [1.82, 2.24) is 10.6 Å². The molecular weight excluding hydrogens is 152 g/mol. The lowest BCUT2D eigenvalue weighted by molar-refractivity contribution is 0.00965. The van der Waals surface area contributed by atoms with E-state index in [1.165, 1.54) is 0 Å². The van der Waals surface area contributed by atoms with Gasteiger partial charge >= 0.3 is 0 Å². The van der Waals surface area contributed by atoms with Crippen LogP contribution in [0, 0.1) is 0 Å². The molecule has 0 bridgehead atoms. The first kappa shape index (κ1) is 9.96. The quantitative estimate of drug-likeness (QED) is 0.565. The molecule has 1 heterocycles. The molecule has 72 valence electrons. The van der Waals surface area contributed by atoms with Gasteiger partial charge in [0, 0.05) is 12.6 Å². The van der Waals surface area contributed by atoms with Gasteiger partial charge < -0.3 is 15.7 Å². The van der Waals surface area contributed by atoms with Crippen LogP contribution in [0.2, 0.25) is 0 Å². The van der Waals surface area contributed by atoms with Gasteiger partial charge in [-0.05, 0) is 25.9 Å². The summed E-state index contributed by atoms with van der Waals surface area (Å²) in [4.78, 5) is 0.